The second kappa shape index (κ2) is 7.90. The number of esters is 1. The lowest BCUT2D eigenvalue weighted by atomic mass is 9.78. The fourth-order valence-corrected chi connectivity index (χ4v) is 2.97. The van der Waals surface area contributed by atoms with E-state index in [9.17, 15) is 19.7 Å². The van der Waals surface area contributed by atoms with E-state index in [0.717, 1.165) is 12.8 Å². The maximum atomic E-state index is 12.0. The minimum absolute atomic E-state index is 0.107. The van der Waals surface area contributed by atoms with E-state index in [4.69, 9.17) is 4.74 Å². The number of non-ortho nitro benzene ring substituents is 1. The van der Waals surface area contributed by atoms with Crippen molar-refractivity contribution in [3.05, 3.63) is 39.9 Å². The Morgan fingerprint density at radius 1 is 1.25 bits per heavy atom. The molecule has 0 aliphatic heterocycles. The van der Waals surface area contributed by atoms with Crippen LogP contribution in [0.25, 0.3) is 0 Å². The van der Waals surface area contributed by atoms with Crippen LogP contribution in [0.2, 0.25) is 0 Å². The first-order chi connectivity index (χ1) is 11.4. The Morgan fingerprint density at radius 3 is 2.54 bits per heavy atom. The van der Waals surface area contributed by atoms with Crippen molar-refractivity contribution >= 4 is 17.6 Å². The van der Waals surface area contributed by atoms with Gasteiger partial charge in [0, 0.05) is 18.2 Å². The van der Waals surface area contributed by atoms with E-state index < -0.39 is 10.9 Å². The van der Waals surface area contributed by atoms with Crippen LogP contribution >= 0.6 is 0 Å². The first-order valence-corrected chi connectivity index (χ1v) is 8.09. The van der Waals surface area contributed by atoms with E-state index in [2.05, 4.69) is 19.2 Å². The van der Waals surface area contributed by atoms with Crippen LogP contribution in [-0.2, 0) is 9.53 Å². The number of amides is 1. The van der Waals surface area contributed by atoms with Gasteiger partial charge in [0.05, 0.1) is 10.5 Å². The van der Waals surface area contributed by atoms with Crippen LogP contribution in [0.3, 0.4) is 0 Å². The van der Waals surface area contributed by atoms with Crippen molar-refractivity contribution in [1.29, 1.82) is 0 Å². The van der Waals surface area contributed by atoms with Gasteiger partial charge in [0.2, 0.25) is 0 Å². The molecule has 0 spiro atoms. The van der Waals surface area contributed by atoms with E-state index in [0.29, 0.717) is 11.8 Å². The average Bonchev–Trinajstić information content (AvgIpc) is 2.57. The van der Waals surface area contributed by atoms with E-state index >= 15 is 0 Å². The zero-order chi connectivity index (χ0) is 17.7. The Balaban J connectivity index is 1.82. The first kappa shape index (κ1) is 17.9. The molecule has 130 valence electrons. The summed E-state index contributed by atoms with van der Waals surface area (Å²) in [6, 6.07) is 5.18. The smallest absolute Gasteiger partial charge is 0.338 e. The highest BCUT2D eigenvalue weighted by Crippen LogP contribution is 2.29. The third-order valence-corrected chi connectivity index (χ3v) is 4.70. The van der Waals surface area contributed by atoms with Crippen molar-refractivity contribution in [2.75, 3.05) is 6.61 Å². The molecular weight excluding hydrogens is 312 g/mol. The molecule has 1 aliphatic carbocycles. The van der Waals surface area contributed by atoms with E-state index in [1.165, 1.54) is 30.7 Å². The lowest BCUT2D eigenvalue weighted by Gasteiger charge is -2.34. The van der Waals surface area contributed by atoms with Crippen molar-refractivity contribution in [1.82, 2.24) is 5.32 Å². The molecule has 7 nitrogen and oxygen atoms in total. The van der Waals surface area contributed by atoms with Crippen LogP contribution in [0.1, 0.15) is 43.5 Å². The SMILES string of the molecule is CC1CCCC(NC(=O)COC(=O)c2ccc([N+](=O)[O-])cc2)C1C. The van der Waals surface area contributed by atoms with Crippen molar-refractivity contribution in [3.8, 4) is 0 Å². The molecule has 0 radical (unpaired) electrons. The van der Waals surface area contributed by atoms with Crippen LogP contribution in [-0.4, -0.2) is 29.4 Å². The molecule has 0 bridgehead atoms. The van der Waals surface area contributed by atoms with Crippen molar-refractivity contribution < 1.29 is 19.2 Å². The number of hydrogen-bond acceptors (Lipinski definition) is 5. The molecule has 1 fully saturated rings. The summed E-state index contributed by atoms with van der Waals surface area (Å²) >= 11 is 0. The van der Waals surface area contributed by atoms with Crippen molar-refractivity contribution in [2.24, 2.45) is 11.8 Å². The van der Waals surface area contributed by atoms with Crippen molar-refractivity contribution in [2.45, 2.75) is 39.2 Å². The number of carbonyl (C=O) groups is 2. The molecule has 1 saturated carbocycles. The number of nitrogens with one attached hydrogen (secondary N) is 1. The number of nitrogens with zero attached hydrogens (tertiary/aromatic N) is 1. The second-order valence-corrected chi connectivity index (χ2v) is 6.32. The van der Waals surface area contributed by atoms with Gasteiger partial charge in [-0.2, -0.15) is 0 Å². The third-order valence-electron chi connectivity index (χ3n) is 4.70. The monoisotopic (exact) mass is 334 g/mol. The molecule has 3 unspecified atom stereocenters. The fraction of sp³-hybridized carbons (Fsp3) is 0.529. The summed E-state index contributed by atoms with van der Waals surface area (Å²) in [4.78, 5) is 33.9. The van der Waals surface area contributed by atoms with Gasteiger partial charge in [0.1, 0.15) is 0 Å². The molecule has 3 atom stereocenters. The van der Waals surface area contributed by atoms with Crippen LogP contribution in [0.15, 0.2) is 24.3 Å². The second-order valence-electron chi connectivity index (χ2n) is 6.32. The number of ether oxygens (including phenoxy) is 1. The number of benzene rings is 1. The predicted octanol–water partition coefficient (Wildman–Crippen LogP) is 2.69. The Hall–Kier alpha value is -2.44. The molecule has 1 aromatic carbocycles. The maximum Gasteiger partial charge on any atom is 0.338 e. The van der Waals surface area contributed by atoms with E-state index in [1.807, 2.05) is 0 Å². The summed E-state index contributed by atoms with van der Waals surface area (Å²) in [5, 5.41) is 13.5. The van der Waals surface area contributed by atoms with Gasteiger partial charge in [0.25, 0.3) is 11.6 Å². The standard InChI is InChI=1S/C17H22N2O5/c1-11-4-3-5-15(12(11)2)18-16(20)10-24-17(21)13-6-8-14(9-7-13)19(22)23/h6-9,11-12,15H,3-5,10H2,1-2H3,(H,18,20). The third kappa shape index (κ3) is 4.53. The highest BCUT2D eigenvalue weighted by Gasteiger charge is 2.28. The molecule has 7 heteroatoms. The largest absolute Gasteiger partial charge is 0.452 e. The van der Waals surface area contributed by atoms with Gasteiger partial charge in [0.15, 0.2) is 6.61 Å². The summed E-state index contributed by atoms with van der Waals surface area (Å²) in [7, 11) is 0. The summed E-state index contributed by atoms with van der Waals surface area (Å²) in [5.41, 5.74) is 0.0674. The molecular formula is C17H22N2O5. The number of rotatable bonds is 5. The first-order valence-electron chi connectivity index (χ1n) is 8.09. The molecule has 1 amide bonds. The van der Waals surface area contributed by atoms with Gasteiger partial charge >= 0.3 is 5.97 Å². The number of nitro groups is 1. The van der Waals surface area contributed by atoms with Crippen LogP contribution in [0, 0.1) is 22.0 Å². The highest BCUT2D eigenvalue weighted by molar-refractivity contribution is 5.91. The number of nitro benzene ring substituents is 1. The molecule has 24 heavy (non-hydrogen) atoms. The number of carbonyl (C=O) groups excluding carboxylic acids is 2. The van der Waals surface area contributed by atoms with Crippen LogP contribution in [0.4, 0.5) is 5.69 Å². The van der Waals surface area contributed by atoms with E-state index in [1.54, 1.807) is 0 Å². The normalized spacial score (nSPS) is 23.3. The van der Waals surface area contributed by atoms with Gasteiger partial charge in [-0.25, -0.2) is 4.79 Å². The molecule has 0 heterocycles. The minimum Gasteiger partial charge on any atom is -0.452 e. The van der Waals surface area contributed by atoms with Crippen molar-refractivity contribution in [3.63, 3.8) is 0 Å². The van der Waals surface area contributed by atoms with Crippen LogP contribution < -0.4 is 5.32 Å². The van der Waals surface area contributed by atoms with Gasteiger partial charge in [-0.3, -0.25) is 14.9 Å². The predicted molar refractivity (Wildman–Crippen MR) is 87.5 cm³/mol. The topological polar surface area (TPSA) is 98.5 Å². The fourth-order valence-electron chi connectivity index (χ4n) is 2.97. The van der Waals surface area contributed by atoms with Gasteiger partial charge in [-0.15, -0.1) is 0 Å². The molecule has 1 aromatic rings. The summed E-state index contributed by atoms with van der Waals surface area (Å²) in [6.45, 7) is 3.95. The lowest BCUT2D eigenvalue weighted by molar-refractivity contribution is -0.384. The van der Waals surface area contributed by atoms with Gasteiger partial charge < -0.3 is 10.1 Å². The zero-order valence-electron chi connectivity index (χ0n) is 13.9. The molecule has 1 aliphatic rings. The molecule has 0 saturated heterocycles. The van der Waals surface area contributed by atoms with Crippen LogP contribution in [0.5, 0.6) is 0 Å². The quantitative estimate of drug-likeness (QED) is 0.507. The lowest BCUT2D eigenvalue weighted by Crippen LogP contribution is -2.45. The zero-order valence-corrected chi connectivity index (χ0v) is 13.9. The summed E-state index contributed by atoms with van der Waals surface area (Å²) in [6.07, 6.45) is 3.19. The Morgan fingerprint density at radius 2 is 1.92 bits per heavy atom. The highest BCUT2D eigenvalue weighted by atomic mass is 16.6. The minimum atomic E-state index is -0.676. The van der Waals surface area contributed by atoms with Gasteiger partial charge in [-0.05, 0) is 30.4 Å². The number of hydrogen-bond donors (Lipinski definition) is 1. The van der Waals surface area contributed by atoms with E-state index in [-0.39, 0.29) is 29.8 Å². The Labute approximate surface area is 140 Å². The average molecular weight is 334 g/mol. The maximum absolute atomic E-state index is 12.0. The molecule has 1 N–H and O–H groups in total. The molecule has 0 aromatic heterocycles. The molecule has 2 rings (SSSR count). The summed E-state index contributed by atoms with van der Waals surface area (Å²) < 4.78 is 4.97. The summed E-state index contributed by atoms with van der Waals surface area (Å²) in [5.74, 6) is -0.0406. The van der Waals surface area contributed by atoms with Gasteiger partial charge in [-0.1, -0.05) is 26.7 Å². The Kier molecular flexibility index (Phi) is 5.89. The Bertz CT molecular complexity index is 614.